The van der Waals surface area contributed by atoms with Gasteiger partial charge in [-0.05, 0) is 25.0 Å². The maximum atomic E-state index is 11.3. The van der Waals surface area contributed by atoms with Crippen LogP contribution in [-0.4, -0.2) is 18.7 Å². The third kappa shape index (κ3) is 5.76. The van der Waals surface area contributed by atoms with Crippen molar-refractivity contribution in [1.82, 2.24) is 5.32 Å². The second-order valence-corrected chi connectivity index (χ2v) is 3.81. The molecule has 1 rings (SSSR count). The zero-order valence-corrected chi connectivity index (χ0v) is 10.3. The van der Waals surface area contributed by atoms with Gasteiger partial charge in [0, 0.05) is 6.54 Å². The van der Waals surface area contributed by atoms with Gasteiger partial charge in [-0.2, -0.15) is 0 Å². The topological polar surface area (TPSA) is 38.3 Å². The molecule has 1 aromatic carbocycles. The number of carbonyl (C=O) groups excluding carboxylic acids is 1. The van der Waals surface area contributed by atoms with Crippen molar-refractivity contribution in [3.63, 3.8) is 0 Å². The lowest BCUT2D eigenvalue weighted by Crippen LogP contribution is -2.27. The highest BCUT2D eigenvalue weighted by atomic mass is 16.6. The molecule has 1 unspecified atom stereocenters. The van der Waals surface area contributed by atoms with Crippen molar-refractivity contribution in [2.75, 3.05) is 6.54 Å². The first-order chi connectivity index (χ1) is 8.22. The number of hydrogen-bond donors (Lipinski definition) is 1. The van der Waals surface area contributed by atoms with Crippen molar-refractivity contribution in [3.05, 3.63) is 42.0 Å². The van der Waals surface area contributed by atoms with Crippen molar-refractivity contribution >= 4 is 12.2 Å². The van der Waals surface area contributed by atoms with Gasteiger partial charge in [-0.15, -0.1) is 0 Å². The van der Waals surface area contributed by atoms with E-state index in [2.05, 4.69) is 5.32 Å². The van der Waals surface area contributed by atoms with Crippen LogP contribution < -0.4 is 5.32 Å². The maximum Gasteiger partial charge on any atom is 0.407 e. The van der Waals surface area contributed by atoms with E-state index < -0.39 is 0 Å². The van der Waals surface area contributed by atoms with Crippen molar-refractivity contribution in [2.45, 2.75) is 26.4 Å². The maximum absolute atomic E-state index is 11.3. The van der Waals surface area contributed by atoms with Gasteiger partial charge in [-0.1, -0.05) is 43.3 Å². The van der Waals surface area contributed by atoms with Crippen molar-refractivity contribution in [3.8, 4) is 0 Å². The molecule has 0 radical (unpaired) electrons. The van der Waals surface area contributed by atoms with E-state index in [0.29, 0.717) is 6.54 Å². The summed E-state index contributed by atoms with van der Waals surface area (Å²) in [6.07, 6.45) is 4.12. The van der Waals surface area contributed by atoms with Crippen LogP contribution in [0.2, 0.25) is 0 Å². The summed E-state index contributed by atoms with van der Waals surface area (Å²) in [5.41, 5.74) is 1.09. The van der Waals surface area contributed by atoms with Gasteiger partial charge in [0.05, 0.1) is 0 Å². The zero-order valence-electron chi connectivity index (χ0n) is 10.3. The molecular weight excluding hydrogens is 214 g/mol. The third-order valence-corrected chi connectivity index (χ3v) is 2.17. The summed E-state index contributed by atoms with van der Waals surface area (Å²) in [4.78, 5) is 11.3. The summed E-state index contributed by atoms with van der Waals surface area (Å²) < 4.78 is 5.14. The SMILES string of the molecule is CCCNC(=O)OC(C)/C=C/c1ccccc1. The molecule has 1 aromatic rings. The molecule has 0 aliphatic rings. The van der Waals surface area contributed by atoms with Gasteiger partial charge in [-0.3, -0.25) is 0 Å². The van der Waals surface area contributed by atoms with Gasteiger partial charge in [0.1, 0.15) is 6.10 Å². The number of rotatable bonds is 5. The Morgan fingerprint density at radius 2 is 2.12 bits per heavy atom. The van der Waals surface area contributed by atoms with Gasteiger partial charge in [0.2, 0.25) is 0 Å². The number of benzene rings is 1. The standard InChI is InChI=1S/C14H19NO2/c1-3-11-15-14(16)17-12(2)9-10-13-7-5-4-6-8-13/h4-10,12H,3,11H2,1-2H3,(H,15,16)/b10-9+. The minimum atomic E-state index is -0.364. The fourth-order valence-corrected chi connectivity index (χ4v) is 1.29. The van der Waals surface area contributed by atoms with E-state index in [0.717, 1.165) is 12.0 Å². The van der Waals surface area contributed by atoms with Crippen molar-refractivity contribution < 1.29 is 9.53 Å². The predicted octanol–water partition coefficient (Wildman–Crippen LogP) is 3.22. The molecule has 3 heteroatoms. The fraction of sp³-hybridized carbons (Fsp3) is 0.357. The van der Waals surface area contributed by atoms with Crippen LogP contribution in [0.5, 0.6) is 0 Å². The molecule has 1 amide bonds. The molecule has 0 aromatic heterocycles. The van der Waals surface area contributed by atoms with Crippen molar-refractivity contribution in [2.24, 2.45) is 0 Å². The largest absolute Gasteiger partial charge is 0.442 e. The van der Waals surface area contributed by atoms with E-state index in [9.17, 15) is 4.79 Å². The van der Waals surface area contributed by atoms with E-state index in [1.807, 2.05) is 56.3 Å². The first-order valence-corrected chi connectivity index (χ1v) is 5.90. The number of ether oxygens (including phenoxy) is 1. The minimum Gasteiger partial charge on any atom is -0.442 e. The van der Waals surface area contributed by atoms with E-state index in [1.165, 1.54) is 0 Å². The lowest BCUT2D eigenvalue weighted by molar-refractivity contribution is 0.127. The molecule has 0 saturated heterocycles. The smallest absolute Gasteiger partial charge is 0.407 e. The minimum absolute atomic E-state index is 0.230. The molecular formula is C14H19NO2. The van der Waals surface area contributed by atoms with E-state index in [4.69, 9.17) is 4.74 Å². The Labute approximate surface area is 102 Å². The van der Waals surface area contributed by atoms with Crippen LogP contribution in [0.15, 0.2) is 36.4 Å². The quantitative estimate of drug-likeness (QED) is 0.848. The second kappa shape index (κ2) is 7.49. The Bertz CT molecular complexity index is 360. The van der Waals surface area contributed by atoms with Crippen LogP contribution in [0.25, 0.3) is 6.08 Å². The highest BCUT2D eigenvalue weighted by Crippen LogP contribution is 2.03. The summed E-state index contributed by atoms with van der Waals surface area (Å²) in [6, 6.07) is 9.91. The number of amides is 1. The van der Waals surface area contributed by atoms with Gasteiger partial charge in [0.15, 0.2) is 0 Å². The Balaban J connectivity index is 2.36. The molecule has 92 valence electrons. The van der Waals surface area contributed by atoms with E-state index in [-0.39, 0.29) is 12.2 Å². The second-order valence-electron chi connectivity index (χ2n) is 3.81. The summed E-state index contributed by atoms with van der Waals surface area (Å²) in [6.45, 7) is 4.48. The molecule has 0 spiro atoms. The molecule has 0 saturated carbocycles. The highest BCUT2D eigenvalue weighted by Gasteiger charge is 2.04. The fourth-order valence-electron chi connectivity index (χ4n) is 1.29. The summed E-state index contributed by atoms with van der Waals surface area (Å²) in [7, 11) is 0. The molecule has 0 aliphatic carbocycles. The molecule has 0 heterocycles. The molecule has 0 bridgehead atoms. The van der Waals surface area contributed by atoms with Gasteiger partial charge in [0.25, 0.3) is 0 Å². The molecule has 1 atom stereocenters. The molecule has 3 nitrogen and oxygen atoms in total. The van der Waals surface area contributed by atoms with Crippen LogP contribution in [0.3, 0.4) is 0 Å². The third-order valence-electron chi connectivity index (χ3n) is 2.17. The first-order valence-electron chi connectivity index (χ1n) is 5.90. The Kier molecular flexibility index (Phi) is 5.86. The monoisotopic (exact) mass is 233 g/mol. The van der Waals surface area contributed by atoms with E-state index >= 15 is 0 Å². The number of carbonyl (C=O) groups is 1. The molecule has 0 fully saturated rings. The molecule has 17 heavy (non-hydrogen) atoms. The summed E-state index contributed by atoms with van der Waals surface area (Å²) >= 11 is 0. The number of hydrogen-bond acceptors (Lipinski definition) is 2. The summed E-state index contributed by atoms with van der Waals surface area (Å²) in [5, 5.41) is 2.67. The van der Waals surface area contributed by atoms with Gasteiger partial charge < -0.3 is 10.1 Å². The molecule has 1 N–H and O–H groups in total. The number of nitrogens with one attached hydrogen (secondary N) is 1. The zero-order chi connectivity index (χ0) is 12.5. The molecule has 0 aliphatic heterocycles. The van der Waals surface area contributed by atoms with Crippen molar-refractivity contribution in [1.29, 1.82) is 0 Å². The first kappa shape index (κ1) is 13.3. The van der Waals surface area contributed by atoms with E-state index in [1.54, 1.807) is 0 Å². The number of alkyl carbamates (subject to hydrolysis) is 1. The Morgan fingerprint density at radius 3 is 2.76 bits per heavy atom. The predicted molar refractivity (Wildman–Crippen MR) is 69.7 cm³/mol. The van der Waals surface area contributed by atoms with Crippen LogP contribution in [0.1, 0.15) is 25.8 Å². The average molecular weight is 233 g/mol. The van der Waals surface area contributed by atoms with Crippen LogP contribution >= 0.6 is 0 Å². The Hall–Kier alpha value is -1.77. The van der Waals surface area contributed by atoms with Crippen LogP contribution in [0, 0.1) is 0 Å². The van der Waals surface area contributed by atoms with Gasteiger partial charge in [-0.25, -0.2) is 4.79 Å². The van der Waals surface area contributed by atoms with Crippen LogP contribution in [0.4, 0.5) is 4.79 Å². The highest BCUT2D eigenvalue weighted by molar-refractivity contribution is 5.67. The van der Waals surface area contributed by atoms with Crippen LogP contribution in [-0.2, 0) is 4.74 Å². The summed E-state index contributed by atoms with van der Waals surface area (Å²) in [5.74, 6) is 0. The van der Waals surface area contributed by atoms with Gasteiger partial charge >= 0.3 is 6.09 Å². The normalized spacial score (nSPS) is 12.4. The lowest BCUT2D eigenvalue weighted by atomic mass is 10.2. The average Bonchev–Trinajstić information content (AvgIpc) is 2.35. The Morgan fingerprint density at radius 1 is 1.41 bits per heavy atom. The lowest BCUT2D eigenvalue weighted by Gasteiger charge is -2.09.